The zero-order valence-corrected chi connectivity index (χ0v) is 9.71. The first-order valence-electron chi connectivity index (χ1n) is 5.31. The Bertz CT molecular complexity index is 666. The van der Waals surface area contributed by atoms with Crippen LogP contribution in [0.5, 0.6) is 0 Å². The van der Waals surface area contributed by atoms with Crippen LogP contribution in [0.25, 0.3) is 11.3 Å². The van der Waals surface area contributed by atoms with E-state index < -0.39 is 28.9 Å². The Hall–Kier alpha value is -2.31. The third-order valence-electron chi connectivity index (χ3n) is 2.60. The number of rotatable bonds is 2. The van der Waals surface area contributed by atoms with E-state index in [2.05, 4.69) is 4.98 Å². The minimum absolute atomic E-state index is 0.00872. The van der Waals surface area contributed by atoms with Crippen LogP contribution in [0.1, 0.15) is 15.9 Å². The number of carbonyl (C=O) groups excluding carboxylic acids is 1. The predicted molar refractivity (Wildman–Crippen MR) is 60.0 cm³/mol. The molecule has 104 valence electrons. The van der Waals surface area contributed by atoms with Crippen LogP contribution in [-0.2, 0) is 6.18 Å². The lowest BCUT2D eigenvalue weighted by atomic mass is 10.1. The Balaban J connectivity index is 2.61. The Labute approximate surface area is 109 Å². The smallest absolute Gasteiger partial charge is 0.298 e. The molecule has 1 heterocycles. The van der Waals surface area contributed by atoms with Gasteiger partial charge in [-0.25, -0.2) is 8.78 Å². The monoisotopic (exact) mass is 287 g/mol. The van der Waals surface area contributed by atoms with Gasteiger partial charge in [0.05, 0.1) is 11.3 Å². The zero-order chi connectivity index (χ0) is 14.9. The van der Waals surface area contributed by atoms with Crippen LogP contribution in [-0.4, -0.2) is 11.3 Å². The van der Waals surface area contributed by atoms with E-state index in [1.54, 1.807) is 0 Å². The van der Waals surface area contributed by atoms with Crippen molar-refractivity contribution < 1.29 is 26.7 Å². The number of hydrogen-bond acceptors (Lipinski definition) is 2. The van der Waals surface area contributed by atoms with Crippen molar-refractivity contribution in [3.63, 3.8) is 0 Å². The van der Waals surface area contributed by atoms with Crippen LogP contribution in [0.3, 0.4) is 0 Å². The molecule has 0 fully saturated rings. The van der Waals surface area contributed by atoms with Crippen molar-refractivity contribution >= 4 is 6.29 Å². The summed E-state index contributed by atoms with van der Waals surface area (Å²) in [6, 6.07) is 3.98. The van der Waals surface area contributed by atoms with Gasteiger partial charge in [-0.2, -0.15) is 13.2 Å². The van der Waals surface area contributed by atoms with E-state index >= 15 is 0 Å². The second-order valence-corrected chi connectivity index (χ2v) is 3.87. The van der Waals surface area contributed by atoms with Gasteiger partial charge < -0.3 is 0 Å². The molecule has 0 aliphatic rings. The molecule has 1 aromatic carbocycles. The minimum atomic E-state index is -4.75. The number of benzene rings is 1. The minimum Gasteiger partial charge on any atom is -0.298 e. The molecule has 0 unspecified atom stereocenters. The fraction of sp³-hybridized carbons (Fsp3) is 0.0769. The van der Waals surface area contributed by atoms with Gasteiger partial charge in [-0.1, -0.05) is 6.07 Å². The molecule has 0 radical (unpaired) electrons. The number of nitrogens with zero attached hydrogens (tertiary/aromatic N) is 1. The number of carbonyl (C=O) groups is 1. The number of aromatic nitrogens is 1. The summed E-state index contributed by atoms with van der Waals surface area (Å²) in [7, 11) is 0. The molecule has 0 aliphatic carbocycles. The Morgan fingerprint density at radius 3 is 2.45 bits per heavy atom. The molecule has 0 amide bonds. The number of aldehydes is 1. The molecule has 2 nitrogen and oxygen atoms in total. The van der Waals surface area contributed by atoms with E-state index in [0.717, 1.165) is 18.2 Å². The molecular formula is C13H6F5NO. The lowest BCUT2D eigenvalue weighted by Gasteiger charge is -2.10. The summed E-state index contributed by atoms with van der Waals surface area (Å²) in [4.78, 5) is 14.2. The maximum atomic E-state index is 13.5. The third-order valence-corrected chi connectivity index (χ3v) is 2.60. The van der Waals surface area contributed by atoms with Gasteiger partial charge in [0.25, 0.3) is 0 Å². The van der Waals surface area contributed by atoms with Crippen molar-refractivity contribution in [3.8, 4) is 11.3 Å². The molecule has 20 heavy (non-hydrogen) atoms. The van der Waals surface area contributed by atoms with Gasteiger partial charge in [-0.3, -0.25) is 9.78 Å². The standard InChI is InChI=1S/C13H6F5NO/c14-10-3-1-2-8(12(10)15)11-4-7(6-20)9(5-19-11)13(16,17)18/h1-6H. The third kappa shape index (κ3) is 2.52. The second kappa shape index (κ2) is 4.99. The number of hydrogen-bond donors (Lipinski definition) is 0. The molecule has 0 spiro atoms. The van der Waals surface area contributed by atoms with Crippen molar-refractivity contribution in [1.82, 2.24) is 4.98 Å². The first-order valence-corrected chi connectivity index (χ1v) is 5.31. The number of pyridine rings is 1. The fourth-order valence-corrected chi connectivity index (χ4v) is 1.65. The molecule has 7 heteroatoms. The molecule has 0 saturated carbocycles. The van der Waals surface area contributed by atoms with Crippen LogP contribution in [0.2, 0.25) is 0 Å². The van der Waals surface area contributed by atoms with Crippen molar-refractivity contribution in [2.75, 3.05) is 0 Å². The van der Waals surface area contributed by atoms with Crippen LogP contribution in [0, 0.1) is 11.6 Å². The van der Waals surface area contributed by atoms with Crippen LogP contribution >= 0.6 is 0 Å². The summed E-state index contributed by atoms with van der Waals surface area (Å²) in [6.45, 7) is 0. The predicted octanol–water partition coefficient (Wildman–Crippen LogP) is 3.86. The van der Waals surface area contributed by atoms with Gasteiger partial charge in [0.15, 0.2) is 17.9 Å². The molecule has 0 aliphatic heterocycles. The molecular weight excluding hydrogens is 281 g/mol. The van der Waals surface area contributed by atoms with E-state index in [1.807, 2.05) is 0 Å². The summed E-state index contributed by atoms with van der Waals surface area (Å²) >= 11 is 0. The molecule has 0 saturated heterocycles. The fourth-order valence-electron chi connectivity index (χ4n) is 1.65. The Morgan fingerprint density at radius 2 is 1.85 bits per heavy atom. The van der Waals surface area contributed by atoms with Crippen molar-refractivity contribution in [1.29, 1.82) is 0 Å². The highest BCUT2D eigenvalue weighted by atomic mass is 19.4. The molecule has 0 N–H and O–H groups in total. The van der Waals surface area contributed by atoms with Gasteiger partial charge in [0, 0.05) is 17.3 Å². The second-order valence-electron chi connectivity index (χ2n) is 3.87. The van der Waals surface area contributed by atoms with Crippen LogP contribution in [0.4, 0.5) is 22.0 Å². The average Bonchev–Trinajstić information content (AvgIpc) is 2.40. The lowest BCUT2D eigenvalue weighted by Crippen LogP contribution is -2.10. The molecule has 2 rings (SSSR count). The molecule has 1 aromatic heterocycles. The molecule has 0 atom stereocenters. The highest BCUT2D eigenvalue weighted by molar-refractivity contribution is 5.80. The van der Waals surface area contributed by atoms with Crippen molar-refractivity contribution in [2.24, 2.45) is 0 Å². The van der Waals surface area contributed by atoms with E-state index in [4.69, 9.17) is 0 Å². The molecule has 2 aromatic rings. The van der Waals surface area contributed by atoms with E-state index in [9.17, 15) is 26.7 Å². The lowest BCUT2D eigenvalue weighted by molar-refractivity contribution is -0.138. The van der Waals surface area contributed by atoms with Gasteiger partial charge in [0.1, 0.15) is 0 Å². The van der Waals surface area contributed by atoms with Gasteiger partial charge in [-0.15, -0.1) is 0 Å². The highest BCUT2D eigenvalue weighted by Gasteiger charge is 2.34. The summed E-state index contributed by atoms with van der Waals surface area (Å²) < 4.78 is 64.3. The van der Waals surface area contributed by atoms with E-state index in [0.29, 0.717) is 6.20 Å². The normalized spacial score (nSPS) is 11.4. The van der Waals surface area contributed by atoms with Crippen molar-refractivity contribution in [2.45, 2.75) is 6.18 Å². The topological polar surface area (TPSA) is 30.0 Å². The molecule has 0 bridgehead atoms. The van der Waals surface area contributed by atoms with E-state index in [-0.39, 0.29) is 17.5 Å². The van der Waals surface area contributed by atoms with Gasteiger partial charge >= 0.3 is 6.18 Å². The summed E-state index contributed by atoms with van der Waals surface area (Å²) in [6.07, 6.45) is -4.34. The van der Waals surface area contributed by atoms with Crippen molar-refractivity contribution in [3.05, 3.63) is 53.2 Å². The zero-order valence-electron chi connectivity index (χ0n) is 9.71. The first kappa shape index (κ1) is 14.1. The maximum absolute atomic E-state index is 13.5. The highest BCUT2D eigenvalue weighted by Crippen LogP contribution is 2.33. The van der Waals surface area contributed by atoms with E-state index in [1.165, 1.54) is 6.07 Å². The summed E-state index contributed by atoms with van der Waals surface area (Å²) in [5.41, 5.74) is -2.49. The average molecular weight is 287 g/mol. The van der Waals surface area contributed by atoms with Crippen LogP contribution in [0.15, 0.2) is 30.5 Å². The number of alkyl halides is 3. The summed E-state index contributed by atoms with van der Waals surface area (Å²) in [5.74, 6) is -2.39. The van der Waals surface area contributed by atoms with Crippen LogP contribution < -0.4 is 0 Å². The first-order chi connectivity index (χ1) is 9.34. The quantitative estimate of drug-likeness (QED) is 0.620. The van der Waals surface area contributed by atoms with Gasteiger partial charge in [0.2, 0.25) is 0 Å². The SMILES string of the molecule is O=Cc1cc(-c2cccc(F)c2F)ncc1C(F)(F)F. The Morgan fingerprint density at radius 1 is 1.15 bits per heavy atom. The number of halogens is 5. The Kier molecular flexibility index (Phi) is 3.52. The van der Waals surface area contributed by atoms with Gasteiger partial charge in [-0.05, 0) is 18.2 Å². The summed E-state index contributed by atoms with van der Waals surface area (Å²) in [5, 5.41) is 0. The maximum Gasteiger partial charge on any atom is 0.418 e. The largest absolute Gasteiger partial charge is 0.418 e.